The van der Waals surface area contributed by atoms with E-state index in [1.807, 2.05) is 0 Å². The summed E-state index contributed by atoms with van der Waals surface area (Å²) in [6, 6.07) is -0.511. The number of carbonyl (C=O) groups excluding carboxylic acids is 2. The minimum Gasteiger partial charge on any atom is -0.379 e. The largest absolute Gasteiger partial charge is 0.379 e. The minimum absolute atomic E-state index is 0.0919. The van der Waals surface area contributed by atoms with E-state index in [1.54, 1.807) is 14.0 Å². The molecule has 1 atom stereocenters. The summed E-state index contributed by atoms with van der Waals surface area (Å²) in [6.45, 7) is 6.20. The van der Waals surface area contributed by atoms with Gasteiger partial charge in [-0.25, -0.2) is 4.79 Å². The third-order valence-corrected chi connectivity index (χ3v) is 3.48. The van der Waals surface area contributed by atoms with E-state index in [1.165, 1.54) is 9.80 Å². The molecule has 0 saturated carbocycles. The maximum Gasteiger partial charge on any atom is 0.327 e. The molecular formula is C11H19N3O3. The van der Waals surface area contributed by atoms with Crippen molar-refractivity contribution in [3.63, 3.8) is 0 Å². The molecule has 96 valence electrons. The van der Waals surface area contributed by atoms with Gasteiger partial charge >= 0.3 is 6.03 Å². The number of hydrogen-bond acceptors (Lipinski definition) is 4. The van der Waals surface area contributed by atoms with Crippen LogP contribution < -0.4 is 0 Å². The number of hydrogen-bond donors (Lipinski definition) is 0. The summed E-state index contributed by atoms with van der Waals surface area (Å²) in [5.41, 5.74) is 0. The van der Waals surface area contributed by atoms with Crippen LogP contribution >= 0.6 is 0 Å². The average Bonchev–Trinajstić information content (AvgIpc) is 2.54. The van der Waals surface area contributed by atoms with Crippen LogP contribution in [0.1, 0.15) is 6.92 Å². The van der Waals surface area contributed by atoms with Gasteiger partial charge in [0, 0.05) is 33.2 Å². The fourth-order valence-electron chi connectivity index (χ4n) is 2.11. The molecule has 1 unspecified atom stereocenters. The fraction of sp³-hybridized carbons (Fsp3) is 0.818. The van der Waals surface area contributed by atoms with Crippen molar-refractivity contribution in [2.75, 3.05) is 46.4 Å². The lowest BCUT2D eigenvalue weighted by Crippen LogP contribution is -2.43. The van der Waals surface area contributed by atoms with Crippen molar-refractivity contribution in [1.29, 1.82) is 0 Å². The van der Waals surface area contributed by atoms with E-state index in [-0.39, 0.29) is 18.0 Å². The topological polar surface area (TPSA) is 53.1 Å². The lowest BCUT2D eigenvalue weighted by Gasteiger charge is -2.27. The number of ether oxygens (including phenoxy) is 1. The van der Waals surface area contributed by atoms with E-state index >= 15 is 0 Å². The molecule has 17 heavy (non-hydrogen) atoms. The SMILES string of the molecule is CC1C(=O)N(CCN2CCOCC2)C(=O)N1C. The van der Waals surface area contributed by atoms with Gasteiger partial charge in [0.2, 0.25) is 0 Å². The molecule has 2 saturated heterocycles. The van der Waals surface area contributed by atoms with Gasteiger partial charge in [0.05, 0.1) is 13.2 Å². The van der Waals surface area contributed by atoms with Crippen molar-refractivity contribution in [2.24, 2.45) is 0 Å². The average molecular weight is 241 g/mol. The molecule has 0 bridgehead atoms. The predicted molar refractivity (Wildman–Crippen MR) is 61.6 cm³/mol. The zero-order valence-corrected chi connectivity index (χ0v) is 10.4. The van der Waals surface area contributed by atoms with Gasteiger partial charge in [-0.3, -0.25) is 14.6 Å². The van der Waals surface area contributed by atoms with Crippen LogP contribution in [-0.4, -0.2) is 79.1 Å². The molecule has 6 heteroatoms. The molecule has 2 aliphatic heterocycles. The van der Waals surface area contributed by atoms with E-state index in [0.717, 1.165) is 32.8 Å². The summed E-state index contributed by atoms with van der Waals surface area (Å²) < 4.78 is 5.25. The van der Waals surface area contributed by atoms with E-state index in [0.29, 0.717) is 6.54 Å². The Kier molecular flexibility index (Phi) is 3.63. The minimum atomic E-state index is -0.327. The van der Waals surface area contributed by atoms with Crippen molar-refractivity contribution in [3.05, 3.63) is 0 Å². The summed E-state index contributed by atoms with van der Waals surface area (Å²) in [6.07, 6.45) is 0. The van der Waals surface area contributed by atoms with E-state index in [4.69, 9.17) is 4.74 Å². The van der Waals surface area contributed by atoms with Crippen LogP contribution in [0.4, 0.5) is 4.79 Å². The first-order chi connectivity index (χ1) is 8.11. The second-order valence-electron chi connectivity index (χ2n) is 4.51. The molecule has 2 aliphatic rings. The Morgan fingerprint density at radius 3 is 2.41 bits per heavy atom. The zero-order valence-electron chi connectivity index (χ0n) is 10.4. The molecule has 0 aromatic carbocycles. The van der Waals surface area contributed by atoms with Gasteiger partial charge in [-0.15, -0.1) is 0 Å². The first kappa shape index (κ1) is 12.3. The highest BCUT2D eigenvalue weighted by molar-refractivity contribution is 6.03. The molecule has 3 amide bonds. The van der Waals surface area contributed by atoms with Gasteiger partial charge in [0.1, 0.15) is 6.04 Å². The summed E-state index contributed by atoms with van der Waals surface area (Å²) in [7, 11) is 1.67. The van der Waals surface area contributed by atoms with E-state index in [2.05, 4.69) is 4.90 Å². The number of morpholine rings is 1. The molecule has 2 rings (SSSR count). The molecule has 2 heterocycles. The third-order valence-electron chi connectivity index (χ3n) is 3.48. The fourth-order valence-corrected chi connectivity index (χ4v) is 2.11. The van der Waals surface area contributed by atoms with Gasteiger partial charge in [-0.2, -0.15) is 0 Å². The summed E-state index contributed by atoms with van der Waals surface area (Å²) >= 11 is 0. The Bertz CT molecular complexity index is 295. The number of nitrogens with zero attached hydrogens (tertiary/aromatic N) is 3. The molecule has 0 aromatic heterocycles. The Labute approximate surface area is 101 Å². The number of urea groups is 1. The molecular weight excluding hydrogens is 222 g/mol. The Morgan fingerprint density at radius 2 is 1.88 bits per heavy atom. The molecule has 0 radical (unpaired) electrons. The normalized spacial score (nSPS) is 27.1. The van der Waals surface area contributed by atoms with Crippen molar-refractivity contribution >= 4 is 11.9 Å². The number of likely N-dealkylation sites (N-methyl/N-ethyl adjacent to an activating group) is 1. The standard InChI is InChI=1S/C11H19N3O3/c1-9-10(15)14(11(16)12(9)2)4-3-13-5-7-17-8-6-13/h9H,3-8H2,1-2H3. The number of amides is 3. The van der Waals surface area contributed by atoms with Gasteiger partial charge in [0.15, 0.2) is 0 Å². The van der Waals surface area contributed by atoms with Crippen molar-refractivity contribution in [2.45, 2.75) is 13.0 Å². The zero-order chi connectivity index (χ0) is 12.4. The van der Waals surface area contributed by atoms with Crippen molar-refractivity contribution in [1.82, 2.24) is 14.7 Å². The van der Waals surface area contributed by atoms with Crippen LogP contribution in [0.25, 0.3) is 0 Å². The maximum absolute atomic E-state index is 11.8. The summed E-state index contributed by atoms with van der Waals surface area (Å²) in [5, 5.41) is 0. The van der Waals surface area contributed by atoms with Gasteiger partial charge < -0.3 is 9.64 Å². The first-order valence-corrected chi connectivity index (χ1v) is 5.99. The summed E-state index contributed by atoms with van der Waals surface area (Å²) in [4.78, 5) is 28.7. The van der Waals surface area contributed by atoms with Crippen molar-refractivity contribution in [3.8, 4) is 0 Å². The molecule has 0 aliphatic carbocycles. The highest BCUT2D eigenvalue weighted by atomic mass is 16.5. The van der Waals surface area contributed by atoms with Crippen LogP contribution in [0.15, 0.2) is 0 Å². The van der Waals surface area contributed by atoms with Crippen LogP contribution in [-0.2, 0) is 9.53 Å². The lowest BCUT2D eigenvalue weighted by atomic mass is 10.3. The molecule has 6 nitrogen and oxygen atoms in total. The Morgan fingerprint density at radius 1 is 1.24 bits per heavy atom. The van der Waals surface area contributed by atoms with Gasteiger partial charge in [-0.1, -0.05) is 0 Å². The Hall–Kier alpha value is -1.14. The lowest BCUT2D eigenvalue weighted by molar-refractivity contribution is -0.128. The van der Waals surface area contributed by atoms with Crippen LogP contribution in [0, 0.1) is 0 Å². The Balaban J connectivity index is 1.86. The van der Waals surface area contributed by atoms with Crippen LogP contribution in [0.2, 0.25) is 0 Å². The number of imide groups is 1. The maximum atomic E-state index is 11.8. The first-order valence-electron chi connectivity index (χ1n) is 5.99. The highest BCUT2D eigenvalue weighted by Crippen LogP contribution is 2.14. The molecule has 0 aromatic rings. The molecule has 0 spiro atoms. The van der Waals surface area contributed by atoms with Crippen LogP contribution in [0.3, 0.4) is 0 Å². The number of rotatable bonds is 3. The number of carbonyl (C=O) groups is 2. The predicted octanol–water partition coefficient (Wildman–Crippen LogP) is -0.399. The van der Waals surface area contributed by atoms with E-state index in [9.17, 15) is 9.59 Å². The molecule has 0 N–H and O–H groups in total. The van der Waals surface area contributed by atoms with Gasteiger partial charge in [0.25, 0.3) is 5.91 Å². The smallest absolute Gasteiger partial charge is 0.327 e. The molecule has 2 fully saturated rings. The van der Waals surface area contributed by atoms with E-state index < -0.39 is 0 Å². The monoisotopic (exact) mass is 241 g/mol. The highest BCUT2D eigenvalue weighted by Gasteiger charge is 2.39. The van der Waals surface area contributed by atoms with Gasteiger partial charge in [-0.05, 0) is 6.92 Å². The summed E-state index contributed by atoms with van der Waals surface area (Å²) in [5.74, 6) is -0.0919. The quantitative estimate of drug-likeness (QED) is 0.631. The second-order valence-corrected chi connectivity index (χ2v) is 4.51. The third kappa shape index (κ3) is 2.42. The second kappa shape index (κ2) is 5.01. The van der Waals surface area contributed by atoms with Crippen LogP contribution in [0.5, 0.6) is 0 Å². The van der Waals surface area contributed by atoms with Crippen molar-refractivity contribution < 1.29 is 14.3 Å².